The van der Waals surface area contributed by atoms with E-state index in [9.17, 15) is 0 Å². The number of benzene rings is 1. The van der Waals surface area contributed by atoms with Crippen LogP contribution in [0.1, 0.15) is 68.7 Å². The van der Waals surface area contributed by atoms with Gasteiger partial charge in [0, 0.05) is 9.85 Å². The number of rotatable bonds is 10. The monoisotopic (exact) mass is 360 g/mol. The summed E-state index contributed by atoms with van der Waals surface area (Å²) in [5, 5.41) is 0.786. The Morgan fingerprint density at radius 1 is 1.10 bits per heavy atom. The van der Waals surface area contributed by atoms with E-state index < -0.39 is 0 Å². The minimum absolute atomic E-state index is 0.344. The van der Waals surface area contributed by atoms with Crippen LogP contribution in [-0.4, -0.2) is 7.11 Å². The van der Waals surface area contributed by atoms with Gasteiger partial charge in [0.25, 0.3) is 0 Å². The number of ether oxygens (including phenoxy) is 1. The minimum Gasteiger partial charge on any atom is -0.497 e. The number of hydrogen-bond acceptors (Lipinski definition) is 1. The van der Waals surface area contributed by atoms with Gasteiger partial charge in [-0.2, -0.15) is 0 Å². The van der Waals surface area contributed by atoms with Gasteiger partial charge < -0.3 is 4.74 Å². The Balaban J connectivity index is 2.27. The van der Waals surface area contributed by atoms with Crippen molar-refractivity contribution in [2.45, 2.75) is 63.1 Å². The zero-order valence-corrected chi connectivity index (χ0v) is 15.0. The highest BCUT2D eigenvalue weighted by Gasteiger charge is 2.11. The lowest BCUT2D eigenvalue weighted by Crippen LogP contribution is -1.93. The summed E-state index contributed by atoms with van der Waals surface area (Å²) in [6.07, 6.45) is 10.5. The molecule has 0 aromatic heterocycles. The summed E-state index contributed by atoms with van der Waals surface area (Å²) in [5.74, 6) is 0.814. The highest BCUT2D eigenvalue weighted by Crippen LogP contribution is 2.35. The third-order valence-corrected chi connectivity index (χ3v) is 4.88. The molecule has 0 heterocycles. The quantitative estimate of drug-likeness (QED) is 0.324. The van der Waals surface area contributed by atoms with Crippen LogP contribution in [-0.2, 0) is 0 Å². The Morgan fingerprint density at radius 3 is 2.35 bits per heavy atom. The molecule has 0 aliphatic rings. The maximum atomic E-state index is 6.29. The lowest BCUT2D eigenvalue weighted by molar-refractivity contribution is 0.414. The SMILES string of the molecule is CCCCCCCCCC(Br)c1ccc(OC)cc1Cl. The van der Waals surface area contributed by atoms with Crippen LogP contribution in [0.15, 0.2) is 18.2 Å². The van der Waals surface area contributed by atoms with E-state index in [1.165, 1.54) is 50.5 Å². The molecule has 0 radical (unpaired) electrons. The van der Waals surface area contributed by atoms with Gasteiger partial charge in [-0.05, 0) is 24.1 Å². The molecule has 0 bridgehead atoms. The Labute approximate surface area is 137 Å². The van der Waals surface area contributed by atoms with Crippen molar-refractivity contribution in [2.75, 3.05) is 7.11 Å². The normalized spacial score (nSPS) is 12.4. The molecule has 1 aromatic rings. The third kappa shape index (κ3) is 6.49. The maximum absolute atomic E-state index is 6.29. The summed E-state index contributed by atoms with van der Waals surface area (Å²) in [5.41, 5.74) is 1.17. The van der Waals surface area contributed by atoms with Crippen molar-refractivity contribution in [2.24, 2.45) is 0 Å². The zero-order valence-electron chi connectivity index (χ0n) is 12.6. The van der Waals surface area contributed by atoms with Gasteiger partial charge in [0.2, 0.25) is 0 Å². The second kappa shape index (κ2) is 10.5. The van der Waals surface area contributed by atoms with Crippen LogP contribution in [0, 0.1) is 0 Å². The summed E-state index contributed by atoms with van der Waals surface area (Å²) >= 11 is 10.0. The lowest BCUT2D eigenvalue weighted by atomic mass is 10.0. The maximum Gasteiger partial charge on any atom is 0.120 e. The number of alkyl halides is 1. The molecule has 0 aliphatic heterocycles. The van der Waals surface area contributed by atoms with Crippen molar-refractivity contribution in [3.8, 4) is 5.75 Å². The van der Waals surface area contributed by atoms with Crippen molar-refractivity contribution < 1.29 is 4.74 Å². The van der Waals surface area contributed by atoms with Gasteiger partial charge in [-0.25, -0.2) is 0 Å². The molecule has 20 heavy (non-hydrogen) atoms. The molecule has 114 valence electrons. The predicted octanol–water partition coefficient (Wildman–Crippen LogP) is 6.93. The second-order valence-electron chi connectivity index (χ2n) is 5.26. The largest absolute Gasteiger partial charge is 0.497 e. The Bertz CT molecular complexity index is 381. The molecule has 1 rings (SSSR count). The first-order valence-electron chi connectivity index (χ1n) is 7.66. The number of hydrogen-bond donors (Lipinski definition) is 0. The fraction of sp³-hybridized carbons (Fsp3) is 0.647. The smallest absolute Gasteiger partial charge is 0.120 e. The number of unbranched alkanes of at least 4 members (excludes halogenated alkanes) is 6. The topological polar surface area (TPSA) is 9.23 Å². The lowest BCUT2D eigenvalue weighted by Gasteiger charge is -2.13. The third-order valence-electron chi connectivity index (χ3n) is 3.61. The Morgan fingerprint density at radius 2 is 1.75 bits per heavy atom. The first kappa shape index (κ1) is 17.8. The number of methoxy groups -OCH3 is 1. The Kier molecular flexibility index (Phi) is 9.37. The summed E-state index contributed by atoms with van der Waals surface area (Å²) in [6, 6.07) is 5.91. The molecule has 0 spiro atoms. The molecular weight excluding hydrogens is 336 g/mol. The van der Waals surface area contributed by atoms with E-state index >= 15 is 0 Å². The fourth-order valence-electron chi connectivity index (χ4n) is 2.33. The second-order valence-corrected chi connectivity index (χ2v) is 6.78. The van der Waals surface area contributed by atoms with Crippen LogP contribution in [0.3, 0.4) is 0 Å². The zero-order chi connectivity index (χ0) is 14.8. The van der Waals surface area contributed by atoms with Gasteiger partial charge in [-0.1, -0.05) is 85.5 Å². The van der Waals surface area contributed by atoms with Gasteiger partial charge >= 0.3 is 0 Å². The molecule has 1 atom stereocenters. The van der Waals surface area contributed by atoms with Crippen LogP contribution in [0.25, 0.3) is 0 Å². The van der Waals surface area contributed by atoms with E-state index in [1.54, 1.807) is 7.11 Å². The first-order valence-corrected chi connectivity index (χ1v) is 8.96. The van der Waals surface area contributed by atoms with Crippen molar-refractivity contribution in [3.63, 3.8) is 0 Å². The van der Waals surface area contributed by atoms with Crippen molar-refractivity contribution >= 4 is 27.5 Å². The van der Waals surface area contributed by atoms with Crippen LogP contribution >= 0.6 is 27.5 Å². The van der Waals surface area contributed by atoms with Gasteiger partial charge in [-0.15, -0.1) is 0 Å². The van der Waals surface area contributed by atoms with E-state index in [0.717, 1.165) is 17.2 Å². The summed E-state index contributed by atoms with van der Waals surface area (Å²) in [4.78, 5) is 0.344. The highest BCUT2D eigenvalue weighted by molar-refractivity contribution is 9.09. The fourth-order valence-corrected chi connectivity index (χ4v) is 3.48. The van der Waals surface area contributed by atoms with E-state index in [-0.39, 0.29) is 0 Å². The van der Waals surface area contributed by atoms with Crippen molar-refractivity contribution in [1.82, 2.24) is 0 Å². The van der Waals surface area contributed by atoms with E-state index in [0.29, 0.717) is 4.83 Å². The van der Waals surface area contributed by atoms with Crippen LogP contribution in [0.5, 0.6) is 5.75 Å². The predicted molar refractivity (Wildman–Crippen MR) is 92.3 cm³/mol. The summed E-state index contributed by atoms with van der Waals surface area (Å²) in [6.45, 7) is 2.26. The summed E-state index contributed by atoms with van der Waals surface area (Å²) in [7, 11) is 1.66. The van der Waals surface area contributed by atoms with Gasteiger partial charge in [-0.3, -0.25) is 0 Å². The van der Waals surface area contributed by atoms with Crippen molar-refractivity contribution in [3.05, 3.63) is 28.8 Å². The molecule has 0 saturated carbocycles. The first-order chi connectivity index (χ1) is 9.69. The van der Waals surface area contributed by atoms with Gasteiger partial charge in [0.1, 0.15) is 5.75 Å². The van der Waals surface area contributed by atoms with Crippen molar-refractivity contribution in [1.29, 1.82) is 0 Å². The highest BCUT2D eigenvalue weighted by atomic mass is 79.9. The van der Waals surface area contributed by atoms with Crippen LogP contribution in [0.4, 0.5) is 0 Å². The van der Waals surface area contributed by atoms with Crippen LogP contribution in [0.2, 0.25) is 5.02 Å². The molecular formula is C17H26BrClO. The average molecular weight is 362 g/mol. The standard InChI is InChI=1S/C17H26BrClO/c1-3-4-5-6-7-8-9-10-16(18)15-12-11-14(20-2)13-17(15)19/h11-13,16H,3-10H2,1-2H3. The van der Waals surface area contributed by atoms with E-state index in [1.807, 2.05) is 12.1 Å². The van der Waals surface area contributed by atoms with Crippen LogP contribution < -0.4 is 4.74 Å². The molecule has 1 nitrogen and oxygen atoms in total. The molecule has 1 aromatic carbocycles. The van der Waals surface area contributed by atoms with E-state index in [2.05, 4.69) is 28.9 Å². The van der Waals surface area contributed by atoms with Gasteiger partial charge in [0.15, 0.2) is 0 Å². The Hall–Kier alpha value is -0.210. The molecule has 0 saturated heterocycles. The average Bonchev–Trinajstić information content (AvgIpc) is 2.45. The van der Waals surface area contributed by atoms with Gasteiger partial charge in [0.05, 0.1) is 7.11 Å². The minimum atomic E-state index is 0.344. The molecule has 0 fully saturated rings. The molecule has 1 unspecified atom stereocenters. The molecule has 0 amide bonds. The summed E-state index contributed by atoms with van der Waals surface area (Å²) < 4.78 is 5.18. The number of halogens is 2. The van der Waals surface area contributed by atoms with E-state index in [4.69, 9.17) is 16.3 Å². The molecule has 3 heteroatoms. The molecule has 0 aliphatic carbocycles. The molecule has 0 N–H and O–H groups in total.